The highest BCUT2D eigenvalue weighted by molar-refractivity contribution is 5.94. The molecule has 3 rings (SSSR count). The Labute approximate surface area is 154 Å². The van der Waals surface area contributed by atoms with E-state index in [0.29, 0.717) is 16.5 Å². The second kappa shape index (κ2) is 7.47. The van der Waals surface area contributed by atoms with Gasteiger partial charge in [-0.05, 0) is 42.2 Å². The lowest BCUT2D eigenvalue weighted by Crippen LogP contribution is -2.08. The van der Waals surface area contributed by atoms with Crippen molar-refractivity contribution >= 4 is 16.9 Å². The molecule has 0 bridgehead atoms. The van der Waals surface area contributed by atoms with Gasteiger partial charge in [0.25, 0.3) is 0 Å². The number of hydrogen-bond acceptors (Lipinski definition) is 1. The SMILES string of the molecule is CCCCc1ccc2[nH]c(-c3ccccc3C(F)(F)F)c(CC(=O)O)c2c1. The molecule has 2 N–H and O–H groups in total. The van der Waals surface area contributed by atoms with Crippen LogP contribution in [0.4, 0.5) is 13.2 Å². The minimum absolute atomic E-state index is 0.0347. The largest absolute Gasteiger partial charge is 0.481 e. The minimum Gasteiger partial charge on any atom is -0.481 e. The fourth-order valence-corrected chi connectivity index (χ4v) is 3.34. The maximum absolute atomic E-state index is 13.5. The molecule has 0 aliphatic heterocycles. The number of halogens is 3. The van der Waals surface area contributed by atoms with Crippen LogP contribution in [0.15, 0.2) is 42.5 Å². The van der Waals surface area contributed by atoms with Gasteiger partial charge in [0.1, 0.15) is 0 Å². The third-order valence-electron chi connectivity index (χ3n) is 4.62. The highest BCUT2D eigenvalue weighted by Gasteiger charge is 2.34. The Balaban J connectivity index is 2.23. The first-order valence-electron chi connectivity index (χ1n) is 8.83. The zero-order chi connectivity index (χ0) is 19.6. The first-order valence-corrected chi connectivity index (χ1v) is 8.83. The number of rotatable bonds is 6. The molecule has 3 nitrogen and oxygen atoms in total. The van der Waals surface area contributed by atoms with Crippen LogP contribution in [-0.4, -0.2) is 16.1 Å². The molecular formula is C21H20F3NO2. The van der Waals surface area contributed by atoms with Crippen LogP contribution in [0.25, 0.3) is 22.2 Å². The molecule has 0 radical (unpaired) electrons. The van der Waals surface area contributed by atoms with Crippen LogP contribution in [-0.2, 0) is 23.8 Å². The molecule has 0 amide bonds. The van der Waals surface area contributed by atoms with E-state index in [4.69, 9.17) is 0 Å². The van der Waals surface area contributed by atoms with E-state index in [1.807, 2.05) is 18.2 Å². The summed E-state index contributed by atoms with van der Waals surface area (Å²) in [6.45, 7) is 2.08. The summed E-state index contributed by atoms with van der Waals surface area (Å²) in [4.78, 5) is 14.4. The predicted molar refractivity (Wildman–Crippen MR) is 98.7 cm³/mol. The summed E-state index contributed by atoms with van der Waals surface area (Å²) in [7, 11) is 0. The van der Waals surface area contributed by atoms with Gasteiger partial charge in [-0.3, -0.25) is 4.79 Å². The van der Waals surface area contributed by atoms with Crippen LogP contribution >= 0.6 is 0 Å². The fraction of sp³-hybridized carbons (Fsp3) is 0.286. The van der Waals surface area contributed by atoms with E-state index in [2.05, 4.69) is 11.9 Å². The quantitative estimate of drug-likeness (QED) is 0.570. The lowest BCUT2D eigenvalue weighted by molar-refractivity contribution is -0.137. The first kappa shape index (κ1) is 19.0. The monoisotopic (exact) mass is 375 g/mol. The average Bonchev–Trinajstić information content (AvgIpc) is 2.96. The number of carboxylic acids is 1. The summed E-state index contributed by atoms with van der Waals surface area (Å²) < 4.78 is 40.4. The Kier molecular flexibility index (Phi) is 5.26. The standard InChI is InChI=1S/C21H20F3NO2/c1-2-3-6-13-9-10-18-15(11-13)16(12-19(26)27)20(25-18)14-7-4-5-8-17(14)21(22,23)24/h4-5,7-11,25H,2-3,6,12H2,1H3,(H,26,27). The van der Waals surface area contributed by atoms with Crippen LogP contribution in [0, 0.1) is 0 Å². The normalized spacial score (nSPS) is 11.9. The van der Waals surface area contributed by atoms with Gasteiger partial charge >= 0.3 is 12.1 Å². The first-order chi connectivity index (χ1) is 12.8. The van der Waals surface area contributed by atoms with Crippen LogP contribution in [0.3, 0.4) is 0 Å². The average molecular weight is 375 g/mol. The number of H-pyrrole nitrogens is 1. The van der Waals surface area contributed by atoms with Gasteiger partial charge in [0.05, 0.1) is 17.7 Å². The molecule has 6 heteroatoms. The zero-order valence-corrected chi connectivity index (χ0v) is 14.9. The molecule has 3 aromatic rings. The topological polar surface area (TPSA) is 53.1 Å². The van der Waals surface area contributed by atoms with E-state index in [9.17, 15) is 23.1 Å². The number of aryl methyl sites for hydroxylation is 1. The summed E-state index contributed by atoms with van der Waals surface area (Å²) in [5.41, 5.74) is 1.46. The molecule has 0 fully saturated rings. The van der Waals surface area contributed by atoms with Gasteiger partial charge in [-0.15, -0.1) is 0 Å². The van der Waals surface area contributed by atoms with E-state index in [0.717, 1.165) is 30.9 Å². The predicted octanol–water partition coefficient (Wildman–Crippen LogP) is 5.82. The highest BCUT2D eigenvalue weighted by atomic mass is 19.4. The van der Waals surface area contributed by atoms with Crippen molar-refractivity contribution in [3.63, 3.8) is 0 Å². The third-order valence-corrected chi connectivity index (χ3v) is 4.62. The molecule has 0 spiro atoms. The molecule has 0 atom stereocenters. The lowest BCUT2D eigenvalue weighted by Gasteiger charge is -2.13. The van der Waals surface area contributed by atoms with Crippen LogP contribution in [0.1, 0.15) is 36.5 Å². The molecule has 0 unspecified atom stereocenters. The number of aliphatic carboxylic acids is 1. The van der Waals surface area contributed by atoms with E-state index in [1.165, 1.54) is 18.2 Å². The number of hydrogen-bond donors (Lipinski definition) is 2. The molecule has 0 aliphatic carbocycles. The molecule has 1 aromatic heterocycles. The number of carbonyl (C=O) groups is 1. The van der Waals surface area contributed by atoms with Crippen molar-refractivity contribution in [2.75, 3.05) is 0 Å². The Morgan fingerprint density at radius 2 is 1.89 bits per heavy atom. The van der Waals surface area contributed by atoms with Gasteiger partial charge in [-0.2, -0.15) is 13.2 Å². The summed E-state index contributed by atoms with van der Waals surface area (Å²) >= 11 is 0. The Hall–Kier alpha value is -2.76. The summed E-state index contributed by atoms with van der Waals surface area (Å²) in [6, 6.07) is 10.9. The van der Waals surface area contributed by atoms with Crippen molar-refractivity contribution < 1.29 is 23.1 Å². The van der Waals surface area contributed by atoms with Gasteiger partial charge in [-0.1, -0.05) is 37.6 Å². The van der Waals surface area contributed by atoms with Gasteiger partial charge in [-0.25, -0.2) is 0 Å². The Morgan fingerprint density at radius 1 is 1.15 bits per heavy atom. The van der Waals surface area contributed by atoms with Crippen molar-refractivity contribution in [2.24, 2.45) is 0 Å². The number of carboxylic acid groups (broad SMARTS) is 1. The second-order valence-electron chi connectivity index (χ2n) is 6.58. The minimum atomic E-state index is -4.53. The summed E-state index contributed by atoms with van der Waals surface area (Å²) in [5.74, 6) is -1.08. The molecule has 0 saturated heterocycles. The van der Waals surface area contributed by atoms with Crippen molar-refractivity contribution in [3.8, 4) is 11.3 Å². The van der Waals surface area contributed by atoms with Gasteiger partial charge < -0.3 is 10.1 Å². The third kappa shape index (κ3) is 3.99. The molecule has 142 valence electrons. The molecule has 0 aliphatic rings. The van der Waals surface area contributed by atoms with Gasteiger partial charge in [0, 0.05) is 16.5 Å². The Bertz CT molecular complexity index is 973. The maximum Gasteiger partial charge on any atom is 0.417 e. The number of aromatic amines is 1. The maximum atomic E-state index is 13.5. The summed E-state index contributed by atoms with van der Waals surface area (Å²) in [6.07, 6.45) is -2.01. The number of fused-ring (bicyclic) bond motifs is 1. The van der Waals surface area contributed by atoms with Crippen molar-refractivity contribution in [3.05, 3.63) is 59.2 Å². The van der Waals surface area contributed by atoms with Crippen molar-refractivity contribution in [2.45, 2.75) is 38.8 Å². The van der Waals surface area contributed by atoms with Crippen molar-refractivity contribution in [1.29, 1.82) is 0 Å². The second-order valence-corrected chi connectivity index (χ2v) is 6.58. The molecular weight excluding hydrogens is 355 g/mol. The number of benzene rings is 2. The fourth-order valence-electron chi connectivity index (χ4n) is 3.34. The molecule has 2 aromatic carbocycles. The van der Waals surface area contributed by atoms with E-state index < -0.39 is 17.7 Å². The van der Waals surface area contributed by atoms with Gasteiger partial charge in [0.2, 0.25) is 0 Å². The molecule has 1 heterocycles. The highest BCUT2D eigenvalue weighted by Crippen LogP contribution is 2.40. The molecule has 27 heavy (non-hydrogen) atoms. The Morgan fingerprint density at radius 3 is 2.56 bits per heavy atom. The van der Waals surface area contributed by atoms with E-state index in [-0.39, 0.29) is 17.7 Å². The number of aromatic nitrogens is 1. The van der Waals surface area contributed by atoms with Gasteiger partial charge in [0.15, 0.2) is 0 Å². The van der Waals surface area contributed by atoms with Crippen molar-refractivity contribution in [1.82, 2.24) is 4.98 Å². The lowest BCUT2D eigenvalue weighted by atomic mass is 9.97. The smallest absolute Gasteiger partial charge is 0.417 e. The van der Waals surface area contributed by atoms with E-state index >= 15 is 0 Å². The van der Waals surface area contributed by atoms with E-state index in [1.54, 1.807) is 0 Å². The zero-order valence-electron chi connectivity index (χ0n) is 14.9. The molecule has 0 saturated carbocycles. The van der Waals surface area contributed by atoms with Crippen LogP contribution < -0.4 is 0 Å². The number of alkyl halides is 3. The number of nitrogens with one attached hydrogen (secondary N) is 1. The van der Waals surface area contributed by atoms with Crippen LogP contribution in [0.2, 0.25) is 0 Å². The summed E-state index contributed by atoms with van der Waals surface area (Å²) in [5, 5.41) is 9.98. The number of unbranched alkanes of at least 4 members (excludes halogenated alkanes) is 1. The van der Waals surface area contributed by atoms with Crippen LogP contribution in [0.5, 0.6) is 0 Å².